The van der Waals surface area contributed by atoms with Gasteiger partial charge in [-0.05, 0) is 45.4 Å². The molecule has 4 heterocycles. The van der Waals surface area contributed by atoms with Crippen LogP contribution in [0.5, 0.6) is 0 Å². The standard InChI is InChI=1S/C30H47N3O7/c1-5-8-9-10-18-39-28(37)24-23-26(35)33(22(4)21-34)25(30(23)12-11-29(24,7-3)40-30)27(36)32(13-6-2)15-14-31-16-19-38-20-17-31/h5-6,22-25,34H,1-2,7-21H2,3-4H3/t22-,23+,24+,25?,29-,30?/m1/s1. The van der Waals surface area contributed by atoms with E-state index in [0.717, 1.165) is 25.9 Å². The van der Waals surface area contributed by atoms with Gasteiger partial charge in [-0.1, -0.05) is 19.1 Å². The van der Waals surface area contributed by atoms with Crippen molar-refractivity contribution in [2.75, 3.05) is 59.2 Å². The normalized spacial score (nSPS) is 32.1. The van der Waals surface area contributed by atoms with E-state index >= 15 is 0 Å². The summed E-state index contributed by atoms with van der Waals surface area (Å²) in [5, 5.41) is 10.1. The third-order valence-corrected chi connectivity index (χ3v) is 9.34. The lowest BCUT2D eigenvalue weighted by molar-refractivity contribution is -0.163. The number of esters is 1. The minimum absolute atomic E-state index is 0.227. The first kappa shape index (κ1) is 30.7. The van der Waals surface area contributed by atoms with Crippen LogP contribution in [0.15, 0.2) is 25.3 Å². The maximum Gasteiger partial charge on any atom is 0.312 e. The van der Waals surface area contributed by atoms with Gasteiger partial charge in [-0.15, -0.1) is 13.2 Å². The second-order valence-electron chi connectivity index (χ2n) is 11.6. The summed E-state index contributed by atoms with van der Waals surface area (Å²) in [6.45, 7) is 15.7. The van der Waals surface area contributed by atoms with Crippen molar-refractivity contribution in [2.24, 2.45) is 11.8 Å². The number of unbranched alkanes of at least 4 members (excludes halogenated alkanes) is 2. The molecule has 4 saturated heterocycles. The molecule has 10 heteroatoms. The molecule has 4 aliphatic heterocycles. The fourth-order valence-corrected chi connectivity index (χ4v) is 7.22. The number of morpholine rings is 1. The third kappa shape index (κ3) is 5.47. The van der Waals surface area contributed by atoms with Gasteiger partial charge in [0.2, 0.25) is 11.8 Å². The molecule has 4 aliphatic rings. The molecular formula is C30H47N3O7. The molecule has 6 atom stereocenters. The van der Waals surface area contributed by atoms with Crippen LogP contribution >= 0.6 is 0 Å². The van der Waals surface area contributed by atoms with Crippen molar-refractivity contribution in [3.05, 3.63) is 25.3 Å². The predicted molar refractivity (Wildman–Crippen MR) is 149 cm³/mol. The number of aliphatic hydroxyl groups excluding tert-OH is 1. The maximum atomic E-state index is 14.4. The van der Waals surface area contributed by atoms with E-state index in [1.54, 1.807) is 17.9 Å². The maximum absolute atomic E-state index is 14.4. The van der Waals surface area contributed by atoms with Crippen LogP contribution in [0.4, 0.5) is 0 Å². The minimum atomic E-state index is -1.14. The number of ether oxygens (including phenoxy) is 3. The van der Waals surface area contributed by atoms with Gasteiger partial charge in [0.15, 0.2) is 0 Å². The van der Waals surface area contributed by atoms with E-state index < -0.39 is 41.1 Å². The molecule has 0 aromatic carbocycles. The summed E-state index contributed by atoms with van der Waals surface area (Å²) in [6, 6.07) is -1.54. The number of hydrogen-bond donors (Lipinski definition) is 1. The third-order valence-electron chi connectivity index (χ3n) is 9.34. The van der Waals surface area contributed by atoms with Gasteiger partial charge >= 0.3 is 5.97 Å². The van der Waals surface area contributed by atoms with Crippen molar-refractivity contribution >= 4 is 17.8 Å². The second-order valence-corrected chi connectivity index (χ2v) is 11.6. The monoisotopic (exact) mass is 561 g/mol. The zero-order chi connectivity index (χ0) is 28.9. The molecule has 2 amide bonds. The summed E-state index contributed by atoms with van der Waals surface area (Å²) in [4.78, 5) is 47.6. The summed E-state index contributed by atoms with van der Waals surface area (Å²) in [5.41, 5.74) is -1.98. The first-order chi connectivity index (χ1) is 19.3. The number of amides is 2. The van der Waals surface area contributed by atoms with Gasteiger partial charge in [0, 0.05) is 32.7 Å². The van der Waals surface area contributed by atoms with E-state index in [2.05, 4.69) is 18.1 Å². The Kier molecular flexibility index (Phi) is 10.1. The van der Waals surface area contributed by atoms with Crippen LogP contribution in [0, 0.1) is 11.8 Å². The number of carbonyl (C=O) groups is 3. The lowest BCUT2D eigenvalue weighted by Gasteiger charge is -2.39. The Morgan fingerprint density at radius 3 is 2.62 bits per heavy atom. The van der Waals surface area contributed by atoms with E-state index in [1.807, 2.05) is 13.0 Å². The van der Waals surface area contributed by atoms with Crippen LogP contribution in [0.1, 0.15) is 52.4 Å². The van der Waals surface area contributed by atoms with Crippen LogP contribution < -0.4 is 0 Å². The molecule has 0 aromatic heterocycles. The Labute approximate surface area is 238 Å². The average Bonchev–Trinajstić information content (AvgIpc) is 3.58. The number of allylic oxidation sites excluding steroid dienone is 1. The number of likely N-dealkylation sites (tertiary alicyclic amines) is 1. The number of aliphatic hydroxyl groups is 1. The fourth-order valence-electron chi connectivity index (χ4n) is 7.22. The summed E-state index contributed by atoms with van der Waals surface area (Å²) in [5.74, 6) is -2.58. The first-order valence-corrected chi connectivity index (χ1v) is 14.9. The molecule has 0 aliphatic carbocycles. The highest BCUT2D eigenvalue weighted by atomic mass is 16.6. The zero-order valence-corrected chi connectivity index (χ0v) is 24.2. The molecule has 0 aromatic rings. The van der Waals surface area contributed by atoms with Crippen LogP contribution in [0.3, 0.4) is 0 Å². The van der Waals surface area contributed by atoms with E-state index in [0.29, 0.717) is 58.5 Å². The van der Waals surface area contributed by atoms with E-state index in [1.165, 1.54) is 4.90 Å². The molecule has 4 fully saturated rings. The number of rotatable bonds is 15. The molecule has 4 rings (SSSR count). The SMILES string of the molecule is C=CCCCCOC(=O)[C@@H]1[C@H]2C(=O)N([C@H](C)CO)C(C(=O)N(CC=C)CCN3CCOCC3)C23CC[C@@]1(CC)O3. The van der Waals surface area contributed by atoms with Gasteiger partial charge in [-0.25, -0.2) is 0 Å². The molecule has 40 heavy (non-hydrogen) atoms. The fraction of sp³-hybridized carbons (Fsp3) is 0.767. The molecule has 2 bridgehead atoms. The van der Waals surface area contributed by atoms with Gasteiger partial charge in [-0.3, -0.25) is 19.3 Å². The highest BCUT2D eigenvalue weighted by Gasteiger charge is 2.79. The van der Waals surface area contributed by atoms with Crippen molar-refractivity contribution in [3.8, 4) is 0 Å². The Morgan fingerprint density at radius 2 is 1.98 bits per heavy atom. The summed E-state index contributed by atoms with van der Waals surface area (Å²) in [7, 11) is 0. The highest BCUT2D eigenvalue weighted by molar-refractivity contribution is 5.98. The Balaban J connectivity index is 1.62. The van der Waals surface area contributed by atoms with Crippen molar-refractivity contribution in [1.29, 1.82) is 0 Å². The lowest BCUT2D eigenvalue weighted by Crippen LogP contribution is -2.59. The van der Waals surface area contributed by atoms with Gasteiger partial charge < -0.3 is 29.1 Å². The van der Waals surface area contributed by atoms with Gasteiger partial charge in [0.1, 0.15) is 17.6 Å². The molecule has 224 valence electrons. The van der Waals surface area contributed by atoms with Crippen LogP contribution in [0.25, 0.3) is 0 Å². The molecular weight excluding hydrogens is 514 g/mol. The number of carbonyl (C=O) groups excluding carboxylic acids is 3. The number of hydrogen-bond acceptors (Lipinski definition) is 8. The first-order valence-electron chi connectivity index (χ1n) is 14.9. The van der Waals surface area contributed by atoms with E-state index in [9.17, 15) is 19.5 Å². The summed E-state index contributed by atoms with van der Waals surface area (Å²) >= 11 is 0. The Hall–Kier alpha value is -2.27. The Morgan fingerprint density at radius 1 is 1.23 bits per heavy atom. The molecule has 10 nitrogen and oxygen atoms in total. The lowest BCUT2D eigenvalue weighted by atomic mass is 9.65. The summed E-state index contributed by atoms with van der Waals surface area (Å²) in [6.07, 6.45) is 7.56. The van der Waals surface area contributed by atoms with Gasteiger partial charge in [-0.2, -0.15) is 0 Å². The quantitative estimate of drug-likeness (QED) is 0.183. The van der Waals surface area contributed by atoms with Crippen LogP contribution in [-0.2, 0) is 28.6 Å². The molecule has 0 radical (unpaired) electrons. The minimum Gasteiger partial charge on any atom is -0.465 e. The van der Waals surface area contributed by atoms with Crippen molar-refractivity contribution < 1.29 is 33.7 Å². The highest BCUT2D eigenvalue weighted by Crippen LogP contribution is 2.64. The van der Waals surface area contributed by atoms with Crippen LogP contribution in [0.2, 0.25) is 0 Å². The molecule has 0 saturated carbocycles. The summed E-state index contributed by atoms with van der Waals surface area (Å²) < 4.78 is 18.0. The topological polar surface area (TPSA) is 109 Å². The average molecular weight is 562 g/mol. The Bertz CT molecular complexity index is 954. The van der Waals surface area contributed by atoms with Crippen molar-refractivity contribution in [1.82, 2.24) is 14.7 Å². The number of nitrogens with zero attached hydrogens (tertiary/aromatic N) is 3. The second kappa shape index (κ2) is 13.1. The van der Waals surface area contributed by atoms with Crippen molar-refractivity contribution in [2.45, 2.75) is 75.7 Å². The van der Waals surface area contributed by atoms with Gasteiger partial charge in [0.25, 0.3) is 0 Å². The smallest absolute Gasteiger partial charge is 0.312 e. The van der Waals surface area contributed by atoms with Crippen LogP contribution in [-0.4, -0.2) is 120 Å². The van der Waals surface area contributed by atoms with Crippen molar-refractivity contribution in [3.63, 3.8) is 0 Å². The van der Waals surface area contributed by atoms with E-state index in [4.69, 9.17) is 14.2 Å². The molecule has 2 unspecified atom stereocenters. The molecule has 1 N–H and O–H groups in total. The largest absolute Gasteiger partial charge is 0.465 e. The molecule has 1 spiro atoms. The number of fused-ring (bicyclic) bond motifs is 1. The van der Waals surface area contributed by atoms with E-state index in [-0.39, 0.29) is 25.0 Å². The van der Waals surface area contributed by atoms with Gasteiger partial charge in [0.05, 0.1) is 44.0 Å². The predicted octanol–water partition coefficient (Wildman–Crippen LogP) is 1.77. The zero-order valence-electron chi connectivity index (χ0n) is 24.2.